The van der Waals surface area contributed by atoms with Crippen LogP contribution in [0.5, 0.6) is 0 Å². The van der Waals surface area contributed by atoms with Crippen molar-refractivity contribution in [1.82, 2.24) is 9.55 Å². The Balaban J connectivity index is 1.99. The third-order valence-corrected chi connectivity index (χ3v) is 3.88. The summed E-state index contributed by atoms with van der Waals surface area (Å²) in [5, 5.41) is 9.60. The van der Waals surface area contributed by atoms with Gasteiger partial charge in [0, 0.05) is 43.6 Å². The second kappa shape index (κ2) is 8.07. The number of imidazole rings is 1. The summed E-state index contributed by atoms with van der Waals surface area (Å²) in [4.78, 5) is 6.45. The van der Waals surface area contributed by atoms with Crippen molar-refractivity contribution in [3.63, 3.8) is 0 Å². The van der Waals surface area contributed by atoms with Crippen molar-refractivity contribution in [2.75, 3.05) is 44.6 Å². The lowest BCUT2D eigenvalue weighted by molar-refractivity contribution is 0.103. The van der Waals surface area contributed by atoms with E-state index in [4.69, 9.17) is 9.84 Å². The molecule has 0 spiro atoms. The van der Waals surface area contributed by atoms with Gasteiger partial charge in [-0.05, 0) is 24.3 Å². The fourth-order valence-electron chi connectivity index (χ4n) is 1.86. The van der Waals surface area contributed by atoms with Crippen LogP contribution in [0.4, 0.5) is 5.69 Å². The first-order valence-electron chi connectivity index (χ1n) is 6.85. The van der Waals surface area contributed by atoms with Crippen LogP contribution >= 0.6 is 11.8 Å². The molecule has 0 saturated carbocycles. The number of hydrogen-bond acceptors (Lipinski definition) is 5. The van der Waals surface area contributed by atoms with Gasteiger partial charge in [0.05, 0.1) is 19.8 Å². The number of thioether (sulfide) groups is 1. The molecule has 5 nitrogen and oxygen atoms in total. The summed E-state index contributed by atoms with van der Waals surface area (Å²) < 4.78 is 7.32. The lowest BCUT2D eigenvalue weighted by Crippen LogP contribution is -2.08. The van der Waals surface area contributed by atoms with Crippen molar-refractivity contribution in [1.29, 1.82) is 0 Å². The molecule has 21 heavy (non-hydrogen) atoms. The third-order valence-electron chi connectivity index (χ3n) is 2.95. The van der Waals surface area contributed by atoms with Crippen LogP contribution in [0.3, 0.4) is 0 Å². The van der Waals surface area contributed by atoms with E-state index in [1.165, 1.54) is 5.69 Å². The number of rotatable bonds is 8. The zero-order chi connectivity index (χ0) is 15.1. The van der Waals surface area contributed by atoms with Crippen molar-refractivity contribution < 1.29 is 9.84 Å². The van der Waals surface area contributed by atoms with Crippen LogP contribution < -0.4 is 4.90 Å². The molecular weight excluding hydrogens is 286 g/mol. The molecule has 0 atom stereocenters. The van der Waals surface area contributed by atoms with Gasteiger partial charge in [0.2, 0.25) is 0 Å². The van der Waals surface area contributed by atoms with Crippen molar-refractivity contribution in [2.24, 2.45) is 0 Å². The normalized spacial score (nSPS) is 10.8. The molecule has 0 amide bonds. The molecule has 0 aliphatic carbocycles. The Kier molecular flexibility index (Phi) is 6.10. The summed E-state index contributed by atoms with van der Waals surface area (Å²) in [5.41, 5.74) is 2.27. The number of anilines is 1. The summed E-state index contributed by atoms with van der Waals surface area (Å²) in [5.74, 6) is 0.812. The SMILES string of the molecule is CN(C)c1ccc(-n2ccnc2SCCOCCO)cc1. The molecule has 114 valence electrons. The molecular formula is C15H21N3O2S. The van der Waals surface area contributed by atoms with Gasteiger partial charge in [-0.3, -0.25) is 4.57 Å². The van der Waals surface area contributed by atoms with Gasteiger partial charge in [0.1, 0.15) is 0 Å². The number of ether oxygens (including phenoxy) is 1. The predicted molar refractivity (Wildman–Crippen MR) is 86.5 cm³/mol. The highest BCUT2D eigenvalue weighted by atomic mass is 32.2. The second-order valence-corrected chi connectivity index (χ2v) is 5.74. The van der Waals surface area contributed by atoms with E-state index in [1.54, 1.807) is 18.0 Å². The number of aliphatic hydroxyl groups is 1. The standard InChI is InChI=1S/C15H21N3O2S/c1-17(2)13-3-5-14(6-4-13)18-8-7-16-15(18)21-12-11-20-10-9-19/h3-8,19H,9-12H2,1-2H3. The molecule has 1 N–H and O–H groups in total. The summed E-state index contributed by atoms with van der Waals surface area (Å²) in [6.45, 7) is 1.07. The van der Waals surface area contributed by atoms with E-state index < -0.39 is 0 Å². The Labute approximate surface area is 129 Å². The Morgan fingerprint density at radius 3 is 2.67 bits per heavy atom. The van der Waals surface area contributed by atoms with E-state index in [0.717, 1.165) is 16.6 Å². The van der Waals surface area contributed by atoms with Crippen molar-refractivity contribution >= 4 is 17.4 Å². The lowest BCUT2D eigenvalue weighted by atomic mass is 10.2. The van der Waals surface area contributed by atoms with Crippen LogP contribution in [0.2, 0.25) is 0 Å². The number of benzene rings is 1. The maximum absolute atomic E-state index is 8.65. The molecule has 1 heterocycles. The van der Waals surface area contributed by atoms with Crippen LogP contribution in [-0.4, -0.2) is 54.3 Å². The Hall–Kier alpha value is -1.50. The molecule has 6 heteroatoms. The van der Waals surface area contributed by atoms with Crippen molar-refractivity contribution in [2.45, 2.75) is 5.16 Å². The van der Waals surface area contributed by atoms with E-state index >= 15 is 0 Å². The summed E-state index contributed by atoms with van der Waals surface area (Å²) in [7, 11) is 4.06. The average Bonchev–Trinajstić information content (AvgIpc) is 2.95. The summed E-state index contributed by atoms with van der Waals surface area (Å²) in [6.07, 6.45) is 3.76. The minimum absolute atomic E-state index is 0.0670. The molecule has 2 aromatic rings. The predicted octanol–water partition coefficient (Wildman–Crippen LogP) is 2.04. The first-order chi connectivity index (χ1) is 10.2. The summed E-state index contributed by atoms with van der Waals surface area (Å²) >= 11 is 1.64. The van der Waals surface area contributed by atoms with Gasteiger partial charge in [-0.15, -0.1) is 0 Å². The highest BCUT2D eigenvalue weighted by molar-refractivity contribution is 7.99. The smallest absolute Gasteiger partial charge is 0.172 e. The van der Waals surface area contributed by atoms with Gasteiger partial charge in [0.15, 0.2) is 5.16 Å². The minimum atomic E-state index is 0.0670. The molecule has 0 aliphatic heterocycles. The summed E-state index contributed by atoms with van der Waals surface area (Å²) in [6, 6.07) is 8.36. The first kappa shape index (κ1) is 15.9. The largest absolute Gasteiger partial charge is 0.394 e. The van der Waals surface area contributed by atoms with Gasteiger partial charge in [0.25, 0.3) is 0 Å². The molecule has 0 fully saturated rings. The van der Waals surface area contributed by atoms with Crippen LogP contribution in [0.1, 0.15) is 0 Å². The zero-order valence-electron chi connectivity index (χ0n) is 12.4. The van der Waals surface area contributed by atoms with E-state index in [0.29, 0.717) is 13.2 Å². The number of nitrogens with zero attached hydrogens (tertiary/aromatic N) is 3. The Morgan fingerprint density at radius 2 is 2.00 bits per heavy atom. The molecule has 2 rings (SSSR count). The molecule has 0 unspecified atom stereocenters. The average molecular weight is 307 g/mol. The minimum Gasteiger partial charge on any atom is -0.394 e. The third kappa shape index (κ3) is 4.49. The van der Waals surface area contributed by atoms with Crippen molar-refractivity contribution in [3.05, 3.63) is 36.7 Å². The van der Waals surface area contributed by atoms with Gasteiger partial charge in [-0.2, -0.15) is 0 Å². The van der Waals surface area contributed by atoms with E-state index in [2.05, 4.69) is 38.7 Å². The maximum atomic E-state index is 8.65. The van der Waals surface area contributed by atoms with Gasteiger partial charge in [-0.1, -0.05) is 11.8 Å². The highest BCUT2D eigenvalue weighted by Gasteiger charge is 2.06. The quantitative estimate of drug-likeness (QED) is 0.597. The maximum Gasteiger partial charge on any atom is 0.172 e. The van der Waals surface area contributed by atoms with E-state index in [-0.39, 0.29) is 6.61 Å². The number of aromatic nitrogens is 2. The molecule has 0 bridgehead atoms. The van der Waals surface area contributed by atoms with Crippen LogP contribution in [0.25, 0.3) is 5.69 Å². The fourth-order valence-corrected chi connectivity index (χ4v) is 2.69. The van der Waals surface area contributed by atoms with E-state index in [1.807, 2.05) is 20.3 Å². The molecule has 0 aliphatic rings. The first-order valence-corrected chi connectivity index (χ1v) is 7.83. The molecule has 0 radical (unpaired) electrons. The fraction of sp³-hybridized carbons (Fsp3) is 0.400. The molecule has 1 aromatic heterocycles. The second-order valence-electron chi connectivity index (χ2n) is 4.68. The monoisotopic (exact) mass is 307 g/mol. The topological polar surface area (TPSA) is 50.5 Å². The van der Waals surface area contributed by atoms with Crippen LogP contribution in [-0.2, 0) is 4.74 Å². The van der Waals surface area contributed by atoms with Crippen molar-refractivity contribution in [3.8, 4) is 5.69 Å². The Morgan fingerprint density at radius 1 is 1.24 bits per heavy atom. The van der Waals surface area contributed by atoms with Gasteiger partial charge < -0.3 is 14.7 Å². The number of aliphatic hydroxyl groups excluding tert-OH is 1. The van der Waals surface area contributed by atoms with Gasteiger partial charge in [-0.25, -0.2) is 4.98 Å². The van der Waals surface area contributed by atoms with Gasteiger partial charge >= 0.3 is 0 Å². The molecule has 0 saturated heterocycles. The highest BCUT2D eigenvalue weighted by Crippen LogP contribution is 2.22. The van der Waals surface area contributed by atoms with E-state index in [9.17, 15) is 0 Å². The van der Waals surface area contributed by atoms with Crippen LogP contribution in [0.15, 0.2) is 41.8 Å². The van der Waals surface area contributed by atoms with Crippen LogP contribution in [0, 0.1) is 0 Å². The Bertz CT molecular complexity index is 540. The zero-order valence-corrected chi connectivity index (χ0v) is 13.2. The lowest BCUT2D eigenvalue weighted by Gasteiger charge is -2.13. The molecule has 1 aromatic carbocycles. The number of hydrogen-bond donors (Lipinski definition) is 1.